The molecule has 124 valence electrons. The summed E-state index contributed by atoms with van der Waals surface area (Å²) in [4.78, 5) is 24.7. The van der Waals surface area contributed by atoms with Gasteiger partial charge in [-0.2, -0.15) is 0 Å². The number of fused-ring (bicyclic) bond motifs is 1. The summed E-state index contributed by atoms with van der Waals surface area (Å²) >= 11 is 0. The second-order valence-corrected chi connectivity index (χ2v) is 5.91. The Hall–Kier alpha value is -2.82. The molecule has 0 radical (unpaired) electrons. The molecule has 1 aliphatic rings. The molecule has 0 aliphatic carbocycles. The van der Waals surface area contributed by atoms with E-state index in [1.54, 1.807) is 37.4 Å². The van der Waals surface area contributed by atoms with Gasteiger partial charge in [0.25, 0.3) is 11.8 Å². The van der Waals surface area contributed by atoms with Gasteiger partial charge in [0.2, 0.25) is 0 Å². The van der Waals surface area contributed by atoms with Crippen molar-refractivity contribution in [2.24, 2.45) is 0 Å². The van der Waals surface area contributed by atoms with E-state index in [1.807, 2.05) is 19.1 Å². The molecule has 3 rings (SSSR count). The van der Waals surface area contributed by atoms with E-state index in [0.717, 1.165) is 5.56 Å². The molecule has 2 atom stereocenters. The molecule has 1 heterocycles. The third kappa shape index (κ3) is 2.73. The van der Waals surface area contributed by atoms with Crippen LogP contribution in [0.5, 0.6) is 5.75 Å². The van der Waals surface area contributed by atoms with Crippen LogP contribution in [-0.2, 0) is 0 Å². The number of ether oxygens (including phenoxy) is 1. The van der Waals surface area contributed by atoms with E-state index in [1.165, 1.54) is 0 Å². The van der Waals surface area contributed by atoms with Gasteiger partial charge >= 0.3 is 0 Å². The van der Waals surface area contributed by atoms with Crippen molar-refractivity contribution in [2.45, 2.75) is 25.9 Å². The zero-order valence-electron chi connectivity index (χ0n) is 13.9. The third-order valence-corrected chi connectivity index (χ3v) is 4.44. The molecule has 0 saturated carbocycles. The lowest BCUT2D eigenvalue weighted by atomic mass is 9.97. The molecule has 2 N–H and O–H groups in total. The fourth-order valence-electron chi connectivity index (χ4n) is 2.88. The van der Waals surface area contributed by atoms with E-state index in [-0.39, 0.29) is 23.8 Å². The van der Waals surface area contributed by atoms with Crippen LogP contribution in [-0.4, -0.2) is 25.0 Å². The van der Waals surface area contributed by atoms with Gasteiger partial charge in [-0.15, -0.1) is 0 Å². The quantitative estimate of drug-likeness (QED) is 0.911. The Balaban J connectivity index is 1.92. The van der Waals surface area contributed by atoms with Gasteiger partial charge < -0.3 is 15.4 Å². The first-order valence-corrected chi connectivity index (χ1v) is 7.95. The lowest BCUT2D eigenvalue weighted by Gasteiger charge is -2.12. The monoisotopic (exact) mass is 324 g/mol. The lowest BCUT2D eigenvalue weighted by Crippen LogP contribution is -2.21. The molecule has 5 nitrogen and oxygen atoms in total. The van der Waals surface area contributed by atoms with Gasteiger partial charge in [0, 0.05) is 18.5 Å². The summed E-state index contributed by atoms with van der Waals surface area (Å²) in [7, 11) is 1.56. The molecule has 5 heteroatoms. The molecular formula is C19H20N2O3. The normalized spacial score (nSPS) is 18.5. The molecule has 0 bridgehead atoms. The van der Waals surface area contributed by atoms with Crippen molar-refractivity contribution in [3.05, 3.63) is 59.2 Å². The number of anilines is 1. The molecule has 2 aromatic carbocycles. The SMILES string of the molecule is CNC(=O)c1ccccc1NC(=O)c1cccc2c1OC(C)C2C. The number of hydrogen-bond acceptors (Lipinski definition) is 3. The number of amides is 2. The van der Waals surface area contributed by atoms with Crippen LogP contribution in [0.1, 0.15) is 46.0 Å². The highest BCUT2D eigenvalue weighted by atomic mass is 16.5. The fraction of sp³-hybridized carbons (Fsp3) is 0.263. The topological polar surface area (TPSA) is 67.4 Å². The van der Waals surface area contributed by atoms with Crippen LogP contribution in [0.2, 0.25) is 0 Å². The third-order valence-electron chi connectivity index (χ3n) is 4.44. The first kappa shape index (κ1) is 16.1. The predicted octanol–water partition coefficient (Wildman–Crippen LogP) is 3.18. The Bertz CT molecular complexity index is 801. The Morgan fingerprint density at radius 2 is 1.67 bits per heavy atom. The van der Waals surface area contributed by atoms with E-state index in [2.05, 4.69) is 17.6 Å². The number of rotatable bonds is 3. The van der Waals surface area contributed by atoms with E-state index in [0.29, 0.717) is 22.6 Å². The standard InChI is InChI=1S/C19H20N2O3/c1-11-12(2)24-17-13(11)8-6-9-15(17)19(23)21-16-10-5-4-7-14(16)18(22)20-3/h4-12H,1-3H3,(H,20,22)(H,21,23). The lowest BCUT2D eigenvalue weighted by molar-refractivity contribution is 0.0964. The average molecular weight is 324 g/mol. The van der Waals surface area contributed by atoms with Crippen LogP contribution in [0.15, 0.2) is 42.5 Å². The number of carbonyl (C=O) groups excluding carboxylic acids is 2. The number of para-hydroxylation sites is 2. The van der Waals surface area contributed by atoms with E-state index >= 15 is 0 Å². The van der Waals surface area contributed by atoms with Gasteiger partial charge in [-0.1, -0.05) is 31.2 Å². The van der Waals surface area contributed by atoms with Crippen LogP contribution in [0.3, 0.4) is 0 Å². The molecule has 0 saturated heterocycles. The molecule has 2 amide bonds. The zero-order chi connectivity index (χ0) is 17.3. The maximum absolute atomic E-state index is 12.7. The van der Waals surface area contributed by atoms with Gasteiger partial charge in [0.15, 0.2) is 0 Å². The molecule has 0 aromatic heterocycles. The number of nitrogens with one attached hydrogen (secondary N) is 2. The maximum atomic E-state index is 12.7. The molecule has 0 fully saturated rings. The zero-order valence-corrected chi connectivity index (χ0v) is 13.9. The van der Waals surface area contributed by atoms with Gasteiger partial charge in [-0.3, -0.25) is 9.59 Å². The van der Waals surface area contributed by atoms with E-state index in [9.17, 15) is 9.59 Å². The van der Waals surface area contributed by atoms with Crippen LogP contribution >= 0.6 is 0 Å². The predicted molar refractivity (Wildman–Crippen MR) is 92.7 cm³/mol. The number of benzene rings is 2. The Kier molecular flexibility index (Phi) is 4.25. The summed E-state index contributed by atoms with van der Waals surface area (Å²) in [5, 5.41) is 5.39. The van der Waals surface area contributed by atoms with Crippen molar-refractivity contribution >= 4 is 17.5 Å². The number of hydrogen-bond donors (Lipinski definition) is 2. The van der Waals surface area contributed by atoms with Crippen molar-refractivity contribution in [1.29, 1.82) is 0 Å². The smallest absolute Gasteiger partial charge is 0.259 e. The highest BCUT2D eigenvalue weighted by Crippen LogP contribution is 2.40. The molecule has 0 spiro atoms. The average Bonchev–Trinajstić information content (AvgIpc) is 2.89. The maximum Gasteiger partial charge on any atom is 0.259 e. The van der Waals surface area contributed by atoms with Crippen LogP contribution in [0, 0.1) is 0 Å². The summed E-state index contributed by atoms with van der Waals surface area (Å²) in [6.07, 6.45) is 0.0344. The first-order valence-electron chi connectivity index (χ1n) is 7.95. The van der Waals surface area contributed by atoms with Gasteiger partial charge in [-0.05, 0) is 25.1 Å². The van der Waals surface area contributed by atoms with Crippen molar-refractivity contribution < 1.29 is 14.3 Å². The van der Waals surface area contributed by atoms with Crippen molar-refractivity contribution in [3.63, 3.8) is 0 Å². The van der Waals surface area contributed by atoms with Crippen LogP contribution in [0.4, 0.5) is 5.69 Å². The minimum atomic E-state index is -0.287. The highest BCUT2D eigenvalue weighted by Gasteiger charge is 2.31. The summed E-state index contributed by atoms with van der Waals surface area (Å²) in [5.41, 5.74) is 2.41. The molecular weight excluding hydrogens is 304 g/mol. The van der Waals surface area contributed by atoms with E-state index in [4.69, 9.17) is 4.74 Å². The van der Waals surface area contributed by atoms with Crippen LogP contribution < -0.4 is 15.4 Å². The minimum Gasteiger partial charge on any atom is -0.489 e. The largest absolute Gasteiger partial charge is 0.489 e. The van der Waals surface area contributed by atoms with Crippen molar-refractivity contribution in [3.8, 4) is 5.75 Å². The molecule has 1 aliphatic heterocycles. The Labute approximate surface area is 141 Å². The Morgan fingerprint density at radius 1 is 0.958 bits per heavy atom. The summed E-state index contributed by atoms with van der Waals surface area (Å²) < 4.78 is 5.87. The Morgan fingerprint density at radius 3 is 2.42 bits per heavy atom. The fourth-order valence-corrected chi connectivity index (χ4v) is 2.88. The number of carbonyl (C=O) groups is 2. The van der Waals surface area contributed by atoms with Gasteiger partial charge in [-0.25, -0.2) is 0 Å². The summed E-state index contributed by atoms with van der Waals surface area (Å²) in [5.74, 6) is 0.338. The van der Waals surface area contributed by atoms with Crippen molar-refractivity contribution in [2.75, 3.05) is 12.4 Å². The molecule has 2 aromatic rings. The summed E-state index contributed by atoms with van der Waals surface area (Å²) in [6.45, 7) is 4.08. The van der Waals surface area contributed by atoms with Gasteiger partial charge in [0.1, 0.15) is 11.9 Å². The second kappa shape index (κ2) is 6.35. The molecule has 24 heavy (non-hydrogen) atoms. The highest BCUT2D eigenvalue weighted by molar-refractivity contribution is 6.10. The van der Waals surface area contributed by atoms with Crippen molar-refractivity contribution in [1.82, 2.24) is 5.32 Å². The van der Waals surface area contributed by atoms with Gasteiger partial charge in [0.05, 0.1) is 16.8 Å². The summed E-state index contributed by atoms with van der Waals surface area (Å²) in [6, 6.07) is 12.5. The first-order chi connectivity index (χ1) is 11.5. The van der Waals surface area contributed by atoms with Crippen LogP contribution in [0.25, 0.3) is 0 Å². The second-order valence-electron chi connectivity index (χ2n) is 5.91. The minimum absolute atomic E-state index is 0.0344. The molecule has 2 unspecified atom stereocenters. The van der Waals surface area contributed by atoms with E-state index < -0.39 is 0 Å².